The summed E-state index contributed by atoms with van der Waals surface area (Å²) in [5, 5.41) is 19.6. The van der Waals surface area contributed by atoms with Crippen molar-refractivity contribution in [1.82, 2.24) is 19.9 Å². The van der Waals surface area contributed by atoms with Crippen LogP contribution in [0.3, 0.4) is 0 Å². The average molecular weight is 391 g/mol. The Labute approximate surface area is 170 Å². The molecule has 0 radical (unpaired) electrons. The second kappa shape index (κ2) is 7.13. The number of hydrogen-bond acceptors (Lipinski definition) is 6. The summed E-state index contributed by atoms with van der Waals surface area (Å²) < 4.78 is 0. The van der Waals surface area contributed by atoms with Crippen molar-refractivity contribution in [3.63, 3.8) is 0 Å². The molecule has 150 valence electrons. The third kappa shape index (κ3) is 3.41. The van der Waals surface area contributed by atoms with Crippen LogP contribution in [0.1, 0.15) is 37.4 Å². The molecule has 3 saturated heterocycles. The van der Waals surface area contributed by atoms with Gasteiger partial charge in [-0.3, -0.25) is 9.88 Å². The van der Waals surface area contributed by atoms with E-state index in [-0.39, 0.29) is 5.59 Å². The van der Waals surface area contributed by atoms with E-state index < -0.39 is 7.12 Å². The quantitative estimate of drug-likeness (QED) is 0.567. The van der Waals surface area contributed by atoms with Gasteiger partial charge in [-0.15, -0.1) is 0 Å². The lowest BCUT2D eigenvalue weighted by Gasteiger charge is -2.56. The molecular weight excluding hydrogens is 365 g/mol. The first kappa shape index (κ1) is 18.6. The minimum Gasteiger partial charge on any atom is -0.422 e. The number of piperidine rings is 1. The van der Waals surface area contributed by atoms with Crippen LogP contribution in [0.2, 0.25) is 0 Å². The van der Waals surface area contributed by atoms with Crippen LogP contribution in [0.5, 0.6) is 0 Å². The lowest BCUT2D eigenvalue weighted by atomic mass is 9.86. The molecule has 1 aromatic carbocycles. The maximum atomic E-state index is 9.17. The second-order valence-corrected chi connectivity index (χ2v) is 8.59. The fraction of sp³-hybridized carbons (Fsp3) is 0.429. The van der Waals surface area contributed by atoms with Gasteiger partial charge in [0.25, 0.3) is 0 Å². The molecule has 2 bridgehead atoms. The van der Waals surface area contributed by atoms with Crippen LogP contribution in [0.4, 0.5) is 5.82 Å². The maximum Gasteiger partial charge on any atom is 0.509 e. The second-order valence-electron chi connectivity index (χ2n) is 8.59. The first-order valence-corrected chi connectivity index (χ1v) is 10.3. The van der Waals surface area contributed by atoms with Crippen LogP contribution in [-0.2, 0) is 6.54 Å². The number of anilines is 1. The number of benzene rings is 1. The molecule has 3 aliphatic heterocycles. The molecule has 29 heavy (non-hydrogen) atoms. The average Bonchev–Trinajstić information content (AvgIpc) is 3.16. The van der Waals surface area contributed by atoms with Gasteiger partial charge in [0, 0.05) is 49.1 Å². The summed E-state index contributed by atoms with van der Waals surface area (Å²) in [7, 11) is -1.57. The predicted molar refractivity (Wildman–Crippen MR) is 114 cm³/mol. The van der Waals surface area contributed by atoms with E-state index in [0.29, 0.717) is 18.0 Å². The summed E-state index contributed by atoms with van der Waals surface area (Å²) in [4.78, 5) is 16.8. The predicted octanol–water partition coefficient (Wildman–Crippen LogP) is 1.22. The molecule has 0 saturated carbocycles. The molecule has 3 aromatic rings. The molecule has 3 N–H and O–H groups in total. The summed E-state index contributed by atoms with van der Waals surface area (Å²) in [6.45, 7) is 7.25. The normalized spacial score (nSPS) is 21.6. The largest absolute Gasteiger partial charge is 0.509 e. The van der Waals surface area contributed by atoms with Crippen molar-refractivity contribution in [3.8, 4) is 0 Å². The topological polar surface area (TPSA) is 88.5 Å². The molecular formula is C21H26BN5O2. The number of nitrogens with one attached hydrogen (secondary N) is 1. The van der Waals surface area contributed by atoms with Gasteiger partial charge in [-0.2, -0.15) is 0 Å². The van der Waals surface area contributed by atoms with E-state index in [9.17, 15) is 10.0 Å². The van der Waals surface area contributed by atoms with E-state index in [0.717, 1.165) is 25.5 Å². The molecule has 2 unspecified atom stereocenters. The Morgan fingerprint density at radius 2 is 1.93 bits per heavy atom. The lowest BCUT2D eigenvalue weighted by Crippen LogP contribution is -2.68. The smallest absolute Gasteiger partial charge is 0.422 e. The van der Waals surface area contributed by atoms with Crippen molar-refractivity contribution in [2.75, 3.05) is 18.0 Å². The van der Waals surface area contributed by atoms with Crippen LogP contribution >= 0.6 is 0 Å². The molecule has 5 heterocycles. The van der Waals surface area contributed by atoms with Gasteiger partial charge in [-0.25, -0.2) is 4.98 Å². The molecule has 7 nitrogen and oxygen atoms in total. The molecule has 8 heteroatoms. The zero-order valence-corrected chi connectivity index (χ0v) is 16.8. The Bertz CT molecular complexity index is 1010. The maximum absolute atomic E-state index is 9.17. The monoisotopic (exact) mass is 391 g/mol. The van der Waals surface area contributed by atoms with Gasteiger partial charge in [0.15, 0.2) is 0 Å². The van der Waals surface area contributed by atoms with Gasteiger partial charge < -0.3 is 19.9 Å². The van der Waals surface area contributed by atoms with Crippen molar-refractivity contribution < 1.29 is 10.0 Å². The van der Waals surface area contributed by atoms with E-state index in [1.54, 1.807) is 6.20 Å². The molecule has 6 rings (SSSR count). The van der Waals surface area contributed by atoms with E-state index in [1.807, 2.05) is 0 Å². The third-order valence-electron chi connectivity index (χ3n) is 6.28. The highest BCUT2D eigenvalue weighted by Gasteiger charge is 2.44. The summed E-state index contributed by atoms with van der Waals surface area (Å²) >= 11 is 0. The number of H-pyrrole nitrogens is 1. The van der Waals surface area contributed by atoms with Gasteiger partial charge in [0.1, 0.15) is 5.82 Å². The van der Waals surface area contributed by atoms with Gasteiger partial charge in [-0.05, 0) is 41.5 Å². The molecule has 0 amide bonds. The Hall–Kier alpha value is -2.42. The Morgan fingerprint density at radius 3 is 2.59 bits per heavy atom. The Morgan fingerprint density at radius 1 is 1.14 bits per heavy atom. The highest BCUT2D eigenvalue weighted by atomic mass is 16.4. The molecule has 0 aliphatic carbocycles. The number of fused-ring (bicyclic) bond motifs is 3. The van der Waals surface area contributed by atoms with Crippen molar-refractivity contribution in [2.45, 2.75) is 44.8 Å². The molecule has 3 aliphatic rings. The fourth-order valence-corrected chi connectivity index (χ4v) is 4.58. The number of nitrogens with zero attached hydrogens (tertiary/aromatic N) is 4. The van der Waals surface area contributed by atoms with Gasteiger partial charge in [0.2, 0.25) is 0 Å². The van der Waals surface area contributed by atoms with Crippen molar-refractivity contribution in [2.24, 2.45) is 0 Å². The van der Waals surface area contributed by atoms with Gasteiger partial charge in [-0.1, -0.05) is 19.9 Å². The zero-order chi connectivity index (χ0) is 20.1. The molecule has 2 aromatic heterocycles. The fourth-order valence-electron chi connectivity index (χ4n) is 4.58. The minimum atomic E-state index is -1.57. The third-order valence-corrected chi connectivity index (χ3v) is 6.28. The number of aromatic amines is 1. The summed E-state index contributed by atoms with van der Waals surface area (Å²) in [6.07, 6.45) is 4.30. The molecule has 2 atom stereocenters. The Kier molecular flexibility index (Phi) is 4.57. The van der Waals surface area contributed by atoms with Crippen LogP contribution in [0, 0.1) is 0 Å². The van der Waals surface area contributed by atoms with Crippen LogP contribution in [-0.4, -0.2) is 62.2 Å². The van der Waals surface area contributed by atoms with E-state index in [2.05, 4.69) is 62.9 Å². The Balaban J connectivity index is 1.26. The summed E-state index contributed by atoms with van der Waals surface area (Å²) in [6, 6.07) is 10.1. The van der Waals surface area contributed by atoms with Crippen molar-refractivity contribution in [3.05, 3.63) is 47.9 Å². The first-order chi connectivity index (χ1) is 14.0. The van der Waals surface area contributed by atoms with Gasteiger partial charge >= 0.3 is 7.12 Å². The van der Waals surface area contributed by atoms with Crippen LogP contribution < -0.4 is 10.5 Å². The molecule has 0 spiro atoms. The van der Waals surface area contributed by atoms with Crippen molar-refractivity contribution >= 4 is 29.4 Å². The number of piperazine rings is 1. The highest BCUT2D eigenvalue weighted by molar-refractivity contribution is 6.57. The minimum absolute atomic E-state index is 0.179. The lowest BCUT2D eigenvalue weighted by molar-refractivity contribution is -0.00867. The number of aromatic nitrogens is 3. The van der Waals surface area contributed by atoms with E-state index in [1.165, 1.54) is 34.8 Å². The number of rotatable bonds is 5. The zero-order valence-electron chi connectivity index (χ0n) is 16.8. The SMILES string of the molecule is CC(C)c1cc2cc(CN3C4CC3CN(c3cnc(B(O)O)cn3)C4)ccc2[nH]1. The number of hydrogen-bond donors (Lipinski definition) is 3. The van der Waals surface area contributed by atoms with Crippen LogP contribution in [0.15, 0.2) is 36.7 Å². The van der Waals surface area contributed by atoms with E-state index >= 15 is 0 Å². The summed E-state index contributed by atoms with van der Waals surface area (Å²) in [5.41, 5.74) is 4.03. The summed E-state index contributed by atoms with van der Waals surface area (Å²) in [5.74, 6) is 1.31. The van der Waals surface area contributed by atoms with E-state index in [4.69, 9.17) is 0 Å². The molecule has 3 fully saturated rings. The van der Waals surface area contributed by atoms with Crippen LogP contribution in [0.25, 0.3) is 10.9 Å². The first-order valence-electron chi connectivity index (χ1n) is 10.3. The standard InChI is InChI=1S/C21H26BN5O2/c1-13(2)19-6-15-5-14(3-4-18(15)25-19)10-27-16-7-17(27)12-26(11-16)21-9-23-20(8-24-21)22(28)29/h3-6,8-9,13,16-17,25,28-29H,7,10-12H2,1-2H3. The van der Waals surface area contributed by atoms with Crippen molar-refractivity contribution in [1.29, 1.82) is 0 Å². The highest BCUT2D eigenvalue weighted by Crippen LogP contribution is 2.35. The van der Waals surface area contributed by atoms with Gasteiger partial charge in [0.05, 0.1) is 11.8 Å².